The monoisotopic (exact) mass is 392 g/mol. The second kappa shape index (κ2) is 8.15. The molecule has 0 bridgehead atoms. The standard InChI is InChI=1S/C23H28N4O2/c24-21(28)17-9-10-20(27-13-5-2-6-14-27)19(15-17)26-22(29)25-16-23(11-12-23)18-7-3-1-4-8-18/h1,3-4,7-10,15H,2,5-6,11-14,16H2,(H2,24,28)(H2,25,26,29). The second-order valence-corrected chi connectivity index (χ2v) is 8.10. The van der Waals surface area contributed by atoms with Crippen molar-refractivity contribution in [1.82, 2.24) is 5.32 Å². The predicted molar refractivity (Wildman–Crippen MR) is 115 cm³/mol. The number of anilines is 2. The van der Waals surface area contributed by atoms with Crippen LogP contribution in [0.1, 0.15) is 48.0 Å². The molecule has 152 valence electrons. The van der Waals surface area contributed by atoms with Gasteiger partial charge in [0.05, 0.1) is 11.4 Å². The Morgan fingerprint density at radius 3 is 2.38 bits per heavy atom. The third-order valence-electron chi connectivity index (χ3n) is 6.05. The largest absolute Gasteiger partial charge is 0.370 e. The van der Waals surface area contributed by atoms with E-state index in [1.54, 1.807) is 12.1 Å². The zero-order chi connectivity index (χ0) is 20.3. The number of carbonyl (C=O) groups excluding carboxylic acids is 2. The minimum atomic E-state index is -0.500. The maximum atomic E-state index is 12.7. The first-order chi connectivity index (χ1) is 14.1. The van der Waals surface area contributed by atoms with Crippen LogP contribution >= 0.6 is 0 Å². The lowest BCUT2D eigenvalue weighted by atomic mass is 9.96. The maximum Gasteiger partial charge on any atom is 0.319 e. The molecule has 0 atom stereocenters. The molecule has 6 heteroatoms. The van der Waals surface area contributed by atoms with Crippen LogP contribution in [0.3, 0.4) is 0 Å². The average Bonchev–Trinajstić information content (AvgIpc) is 3.55. The van der Waals surface area contributed by atoms with Crippen LogP contribution in [-0.2, 0) is 5.41 Å². The molecule has 1 saturated heterocycles. The number of rotatable bonds is 6. The molecule has 2 fully saturated rings. The van der Waals surface area contributed by atoms with Crippen LogP contribution in [0.25, 0.3) is 0 Å². The number of carbonyl (C=O) groups is 2. The van der Waals surface area contributed by atoms with E-state index in [-0.39, 0.29) is 11.4 Å². The highest BCUT2D eigenvalue weighted by molar-refractivity contribution is 5.99. The number of hydrogen-bond acceptors (Lipinski definition) is 3. The summed E-state index contributed by atoms with van der Waals surface area (Å²) in [6, 6.07) is 15.4. The second-order valence-electron chi connectivity index (χ2n) is 8.10. The number of nitrogens with one attached hydrogen (secondary N) is 2. The van der Waals surface area contributed by atoms with Crippen LogP contribution in [0.4, 0.5) is 16.2 Å². The fourth-order valence-electron chi connectivity index (χ4n) is 4.13. The van der Waals surface area contributed by atoms with Crippen molar-refractivity contribution in [3.8, 4) is 0 Å². The summed E-state index contributed by atoms with van der Waals surface area (Å²) in [5, 5.41) is 5.98. The van der Waals surface area contributed by atoms with E-state index in [0.29, 0.717) is 17.8 Å². The van der Waals surface area contributed by atoms with Crippen LogP contribution < -0.4 is 21.3 Å². The molecule has 2 aliphatic rings. The molecule has 0 radical (unpaired) electrons. The average molecular weight is 393 g/mol. The lowest BCUT2D eigenvalue weighted by Crippen LogP contribution is -2.36. The Labute approximate surface area is 171 Å². The first kappa shape index (κ1) is 19.3. The maximum absolute atomic E-state index is 12.7. The summed E-state index contributed by atoms with van der Waals surface area (Å²) in [6.45, 7) is 2.49. The van der Waals surface area contributed by atoms with Gasteiger partial charge in [0.1, 0.15) is 0 Å². The number of nitrogens with two attached hydrogens (primary N) is 1. The minimum Gasteiger partial charge on any atom is -0.370 e. The van der Waals surface area contributed by atoms with E-state index in [9.17, 15) is 9.59 Å². The normalized spacial score (nSPS) is 17.4. The number of primary amides is 1. The molecule has 6 nitrogen and oxygen atoms in total. The van der Waals surface area contributed by atoms with Crippen molar-refractivity contribution in [2.45, 2.75) is 37.5 Å². The van der Waals surface area contributed by atoms with Crippen molar-refractivity contribution in [2.75, 3.05) is 29.9 Å². The van der Waals surface area contributed by atoms with Crippen LogP contribution in [0.2, 0.25) is 0 Å². The molecule has 1 aliphatic carbocycles. The Kier molecular flexibility index (Phi) is 5.43. The van der Waals surface area contributed by atoms with Gasteiger partial charge in [-0.2, -0.15) is 0 Å². The summed E-state index contributed by atoms with van der Waals surface area (Å²) in [5.41, 5.74) is 8.72. The molecule has 0 aromatic heterocycles. The van der Waals surface area contributed by atoms with Crippen molar-refractivity contribution in [1.29, 1.82) is 0 Å². The van der Waals surface area contributed by atoms with Gasteiger partial charge >= 0.3 is 6.03 Å². The van der Waals surface area contributed by atoms with Crippen molar-refractivity contribution in [2.24, 2.45) is 5.73 Å². The SMILES string of the molecule is NC(=O)c1ccc(N2CCCCC2)c(NC(=O)NCC2(c3ccccc3)CC2)c1. The Bertz CT molecular complexity index is 887. The molecular weight excluding hydrogens is 364 g/mol. The van der Waals surface area contributed by atoms with Crippen LogP contribution in [-0.4, -0.2) is 31.6 Å². The third-order valence-corrected chi connectivity index (χ3v) is 6.05. The molecule has 1 saturated carbocycles. The highest BCUT2D eigenvalue weighted by atomic mass is 16.2. The van der Waals surface area contributed by atoms with Crippen molar-refractivity contribution in [3.63, 3.8) is 0 Å². The summed E-state index contributed by atoms with van der Waals surface area (Å²) in [6.07, 6.45) is 5.63. The van der Waals surface area contributed by atoms with Gasteiger partial charge in [-0.1, -0.05) is 30.3 Å². The van der Waals surface area contributed by atoms with E-state index < -0.39 is 5.91 Å². The Morgan fingerprint density at radius 1 is 1.00 bits per heavy atom. The Morgan fingerprint density at radius 2 is 1.72 bits per heavy atom. The molecule has 1 aliphatic heterocycles. The summed E-state index contributed by atoms with van der Waals surface area (Å²) >= 11 is 0. The summed E-state index contributed by atoms with van der Waals surface area (Å²) in [5.74, 6) is -0.500. The number of urea groups is 1. The molecule has 0 unspecified atom stereocenters. The number of hydrogen-bond donors (Lipinski definition) is 3. The fraction of sp³-hybridized carbons (Fsp3) is 0.391. The van der Waals surface area contributed by atoms with Gasteiger partial charge in [0.2, 0.25) is 5.91 Å². The van der Waals surface area contributed by atoms with E-state index in [4.69, 9.17) is 5.73 Å². The minimum absolute atomic E-state index is 0.0450. The van der Waals surface area contributed by atoms with Gasteiger partial charge in [0.15, 0.2) is 0 Å². The molecule has 4 N–H and O–H groups in total. The first-order valence-corrected chi connectivity index (χ1v) is 10.4. The first-order valence-electron chi connectivity index (χ1n) is 10.4. The molecule has 3 amide bonds. The van der Waals surface area contributed by atoms with Crippen molar-refractivity contribution >= 4 is 23.3 Å². The van der Waals surface area contributed by atoms with Gasteiger partial charge in [0, 0.05) is 30.6 Å². The summed E-state index contributed by atoms with van der Waals surface area (Å²) < 4.78 is 0. The van der Waals surface area contributed by atoms with E-state index in [2.05, 4.69) is 27.7 Å². The molecule has 4 rings (SSSR count). The van der Waals surface area contributed by atoms with E-state index in [1.165, 1.54) is 12.0 Å². The molecular formula is C23H28N4O2. The van der Waals surface area contributed by atoms with Crippen LogP contribution in [0, 0.1) is 0 Å². The predicted octanol–water partition coefficient (Wildman–Crippen LogP) is 3.63. The summed E-state index contributed by atoms with van der Waals surface area (Å²) in [4.78, 5) is 26.6. The number of benzene rings is 2. The van der Waals surface area contributed by atoms with E-state index >= 15 is 0 Å². The highest BCUT2D eigenvalue weighted by Crippen LogP contribution is 2.47. The lowest BCUT2D eigenvalue weighted by molar-refractivity contribution is 0.100. The molecule has 1 heterocycles. The molecule has 0 spiro atoms. The Balaban J connectivity index is 1.46. The number of nitrogens with zero attached hydrogens (tertiary/aromatic N) is 1. The smallest absolute Gasteiger partial charge is 0.319 e. The lowest BCUT2D eigenvalue weighted by Gasteiger charge is -2.30. The highest BCUT2D eigenvalue weighted by Gasteiger charge is 2.44. The molecule has 2 aromatic rings. The molecule has 29 heavy (non-hydrogen) atoms. The zero-order valence-electron chi connectivity index (χ0n) is 16.6. The van der Waals surface area contributed by atoms with Gasteiger partial charge in [0.25, 0.3) is 0 Å². The van der Waals surface area contributed by atoms with Gasteiger partial charge in [-0.15, -0.1) is 0 Å². The van der Waals surface area contributed by atoms with Crippen LogP contribution in [0.15, 0.2) is 48.5 Å². The number of piperidine rings is 1. The topological polar surface area (TPSA) is 87.5 Å². The van der Waals surface area contributed by atoms with Crippen LogP contribution in [0.5, 0.6) is 0 Å². The van der Waals surface area contributed by atoms with Gasteiger partial charge in [-0.25, -0.2) is 4.79 Å². The zero-order valence-corrected chi connectivity index (χ0v) is 16.6. The van der Waals surface area contributed by atoms with Gasteiger partial charge in [-0.05, 0) is 55.9 Å². The number of amides is 3. The van der Waals surface area contributed by atoms with E-state index in [0.717, 1.165) is 44.5 Å². The molecule has 2 aromatic carbocycles. The van der Waals surface area contributed by atoms with Crippen molar-refractivity contribution in [3.05, 3.63) is 59.7 Å². The quantitative estimate of drug-likeness (QED) is 0.701. The summed E-state index contributed by atoms with van der Waals surface area (Å²) in [7, 11) is 0. The van der Waals surface area contributed by atoms with Gasteiger partial charge in [-0.3, -0.25) is 4.79 Å². The van der Waals surface area contributed by atoms with E-state index in [1.807, 2.05) is 24.3 Å². The van der Waals surface area contributed by atoms with Crippen molar-refractivity contribution < 1.29 is 9.59 Å². The Hall–Kier alpha value is -3.02. The van der Waals surface area contributed by atoms with Gasteiger partial charge < -0.3 is 21.3 Å². The third kappa shape index (κ3) is 4.36. The fourth-order valence-corrected chi connectivity index (χ4v) is 4.13.